The van der Waals surface area contributed by atoms with E-state index in [-0.39, 0.29) is 16.7 Å². The Morgan fingerprint density at radius 2 is 1.78 bits per heavy atom. The maximum atomic E-state index is 13.2. The number of hydrogen-bond acceptors (Lipinski definition) is 6. The van der Waals surface area contributed by atoms with Crippen molar-refractivity contribution in [1.29, 1.82) is 0 Å². The summed E-state index contributed by atoms with van der Waals surface area (Å²) in [7, 11) is -3.65. The van der Waals surface area contributed by atoms with Crippen molar-refractivity contribution in [3.05, 3.63) is 47.7 Å². The number of ether oxygens (including phenoxy) is 1. The molecule has 0 aliphatic carbocycles. The van der Waals surface area contributed by atoms with E-state index in [4.69, 9.17) is 4.74 Å². The van der Waals surface area contributed by atoms with Gasteiger partial charge in [-0.2, -0.15) is 4.31 Å². The second-order valence-electron chi connectivity index (χ2n) is 8.39. The number of aromatic nitrogens is 1. The van der Waals surface area contributed by atoms with E-state index in [0.717, 1.165) is 11.3 Å². The number of carbonyl (C=O) groups excluding carboxylic acids is 1. The number of sulfonamides is 1. The van der Waals surface area contributed by atoms with E-state index in [1.807, 2.05) is 36.9 Å². The van der Waals surface area contributed by atoms with E-state index in [2.05, 4.69) is 10.3 Å². The highest BCUT2D eigenvalue weighted by molar-refractivity contribution is 7.89. The molecule has 9 heteroatoms. The van der Waals surface area contributed by atoms with E-state index in [9.17, 15) is 13.2 Å². The quantitative estimate of drug-likeness (QED) is 0.741. The molecule has 8 nitrogen and oxygen atoms in total. The molecule has 2 aromatic rings. The Bertz CT molecular complexity index is 1080. The molecule has 0 spiro atoms. The van der Waals surface area contributed by atoms with E-state index < -0.39 is 10.0 Å². The Hall–Kier alpha value is -2.49. The summed E-state index contributed by atoms with van der Waals surface area (Å²) in [4.78, 5) is 19.4. The minimum atomic E-state index is -3.65. The maximum absolute atomic E-state index is 13.2. The number of pyridine rings is 1. The topological polar surface area (TPSA) is 91.8 Å². The number of amides is 1. The fourth-order valence-corrected chi connectivity index (χ4v) is 5.74. The van der Waals surface area contributed by atoms with Gasteiger partial charge in [-0.15, -0.1) is 0 Å². The summed E-state index contributed by atoms with van der Waals surface area (Å²) in [5.41, 5.74) is 3.14. The van der Waals surface area contributed by atoms with Crippen LogP contribution in [0.1, 0.15) is 24.0 Å². The maximum Gasteiger partial charge on any atom is 0.246 e. The second-order valence-corrected chi connectivity index (χ2v) is 10.3. The van der Waals surface area contributed by atoms with Gasteiger partial charge >= 0.3 is 0 Å². The largest absolute Gasteiger partial charge is 0.379 e. The van der Waals surface area contributed by atoms with Crippen LogP contribution in [0, 0.1) is 19.8 Å². The molecular formula is C23H30N4O4S. The van der Waals surface area contributed by atoms with Crippen LogP contribution in [-0.4, -0.2) is 63.0 Å². The lowest BCUT2D eigenvalue weighted by molar-refractivity contribution is -0.120. The number of nitrogens with zero attached hydrogens (tertiary/aromatic N) is 3. The van der Waals surface area contributed by atoms with E-state index >= 15 is 0 Å². The monoisotopic (exact) mass is 458 g/mol. The van der Waals surface area contributed by atoms with Crippen LogP contribution >= 0.6 is 0 Å². The Morgan fingerprint density at radius 3 is 2.47 bits per heavy atom. The number of aryl methyl sites for hydroxylation is 2. The van der Waals surface area contributed by atoms with Crippen LogP contribution in [0.5, 0.6) is 0 Å². The Morgan fingerprint density at radius 1 is 1.06 bits per heavy atom. The molecular weight excluding hydrogens is 428 g/mol. The zero-order valence-electron chi connectivity index (χ0n) is 18.6. The van der Waals surface area contributed by atoms with Gasteiger partial charge in [0.25, 0.3) is 0 Å². The molecule has 2 saturated heterocycles. The molecule has 3 heterocycles. The molecule has 0 bridgehead atoms. The van der Waals surface area contributed by atoms with Crippen LogP contribution in [-0.2, 0) is 19.6 Å². The Kier molecular flexibility index (Phi) is 6.78. The van der Waals surface area contributed by atoms with Crippen LogP contribution in [0.25, 0.3) is 0 Å². The first-order chi connectivity index (χ1) is 15.4. The zero-order valence-corrected chi connectivity index (χ0v) is 19.4. The van der Waals surface area contributed by atoms with Crippen molar-refractivity contribution in [2.75, 3.05) is 49.6 Å². The van der Waals surface area contributed by atoms with Crippen molar-refractivity contribution >= 4 is 27.4 Å². The molecule has 2 fully saturated rings. The lowest BCUT2D eigenvalue weighted by Gasteiger charge is -2.34. The van der Waals surface area contributed by atoms with Crippen molar-refractivity contribution in [3.63, 3.8) is 0 Å². The number of morpholine rings is 1. The zero-order chi connectivity index (χ0) is 22.7. The van der Waals surface area contributed by atoms with Crippen molar-refractivity contribution < 1.29 is 17.9 Å². The third-order valence-electron chi connectivity index (χ3n) is 6.28. The van der Waals surface area contributed by atoms with Gasteiger partial charge in [-0.25, -0.2) is 13.4 Å². The number of hydrogen-bond donors (Lipinski definition) is 1. The number of benzene rings is 1. The van der Waals surface area contributed by atoms with Crippen molar-refractivity contribution in [1.82, 2.24) is 9.29 Å². The van der Waals surface area contributed by atoms with E-state index in [0.29, 0.717) is 58.1 Å². The summed E-state index contributed by atoms with van der Waals surface area (Å²) in [5.74, 6) is 0.359. The molecule has 1 aromatic heterocycles. The minimum Gasteiger partial charge on any atom is -0.379 e. The predicted molar refractivity (Wildman–Crippen MR) is 123 cm³/mol. The first-order valence-electron chi connectivity index (χ1n) is 11.0. The minimum absolute atomic E-state index is 0.00934. The van der Waals surface area contributed by atoms with Crippen LogP contribution in [0.15, 0.2) is 41.4 Å². The Labute approximate surface area is 189 Å². The van der Waals surface area contributed by atoms with Gasteiger partial charge in [0.1, 0.15) is 10.7 Å². The first-order valence-corrected chi connectivity index (χ1v) is 12.5. The number of piperidine rings is 1. The van der Waals surface area contributed by atoms with Gasteiger partial charge in [0.05, 0.1) is 13.2 Å². The van der Waals surface area contributed by atoms with Crippen LogP contribution < -0.4 is 10.2 Å². The predicted octanol–water partition coefficient (Wildman–Crippen LogP) is 2.57. The van der Waals surface area contributed by atoms with Gasteiger partial charge in [0.2, 0.25) is 15.9 Å². The summed E-state index contributed by atoms with van der Waals surface area (Å²) < 4.78 is 33.2. The van der Waals surface area contributed by atoms with Gasteiger partial charge in [-0.1, -0.05) is 6.07 Å². The molecule has 32 heavy (non-hydrogen) atoms. The van der Waals surface area contributed by atoms with Gasteiger partial charge < -0.3 is 15.0 Å². The van der Waals surface area contributed by atoms with Crippen molar-refractivity contribution in [2.24, 2.45) is 5.92 Å². The normalized spacial score (nSPS) is 18.5. The highest BCUT2D eigenvalue weighted by Gasteiger charge is 2.33. The molecule has 0 radical (unpaired) electrons. The molecule has 0 atom stereocenters. The highest BCUT2D eigenvalue weighted by atomic mass is 32.2. The molecule has 2 aliphatic heterocycles. The molecule has 1 amide bonds. The SMILES string of the molecule is Cc1ccc(NC(=O)C2CCN(c3ncccc3S(=O)(=O)N3CCOCC3)CC2)cc1C. The van der Waals surface area contributed by atoms with Gasteiger partial charge in [0.15, 0.2) is 0 Å². The molecule has 0 saturated carbocycles. The summed E-state index contributed by atoms with van der Waals surface area (Å²) in [6.07, 6.45) is 2.90. The van der Waals surface area contributed by atoms with Gasteiger partial charge in [-0.05, 0) is 62.1 Å². The molecule has 2 aliphatic rings. The van der Waals surface area contributed by atoms with Crippen molar-refractivity contribution in [3.8, 4) is 0 Å². The standard InChI is InChI=1S/C23H30N4O4S/c1-17-5-6-20(16-18(17)2)25-23(28)19-7-10-26(11-8-19)22-21(4-3-9-24-22)32(29,30)27-12-14-31-15-13-27/h3-6,9,16,19H,7-8,10-15H2,1-2H3,(H,25,28). The molecule has 1 aromatic carbocycles. The number of rotatable bonds is 5. The first kappa shape index (κ1) is 22.7. The highest BCUT2D eigenvalue weighted by Crippen LogP contribution is 2.30. The fourth-order valence-electron chi connectivity index (χ4n) is 4.16. The van der Waals surface area contributed by atoms with Crippen LogP contribution in [0.3, 0.4) is 0 Å². The van der Waals surface area contributed by atoms with Gasteiger partial charge in [0, 0.05) is 44.0 Å². The molecule has 0 unspecified atom stereocenters. The third-order valence-corrected chi connectivity index (χ3v) is 8.20. The Balaban J connectivity index is 1.43. The summed E-state index contributed by atoms with van der Waals surface area (Å²) in [6, 6.07) is 9.18. The summed E-state index contributed by atoms with van der Waals surface area (Å²) in [6.45, 7) is 6.71. The third kappa shape index (κ3) is 4.79. The average Bonchev–Trinajstić information content (AvgIpc) is 2.82. The van der Waals surface area contributed by atoms with Crippen LogP contribution in [0.4, 0.5) is 11.5 Å². The molecule has 172 valence electrons. The fraction of sp³-hybridized carbons (Fsp3) is 0.478. The molecule has 1 N–H and O–H groups in total. The lowest BCUT2D eigenvalue weighted by atomic mass is 9.95. The summed E-state index contributed by atoms with van der Waals surface area (Å²) >= 11 is 0. The van der Waals surface area contributed by atoms with Crippen molar-refractivity contribution in [2.45, 2.75) is 31.6 Å². The van der Waals surface area contributed by atoms with E-state index in [1.165, 1.54) is 9.87 Å². The molecule has 4 rings (SSSR count). The smallest absolute Gasteiger partial charge is 0.246 e. The van der Waals surface area contributed by atoms with Crippen LogP contribution in [0.2, 0.25) is 0 Å². The summed E-state index contributed by atoms with van der Waals surface area (Å²) in [5, 5.41) is 3.03. The number of carbonyl (C=O) groups is 1. The average molecular weight is 459 g/mol. The lowest BCUT2D eigenvalue weighted by Crippen LogP contribution is -2.42. The van der Waals surface area contributed by atoms with Gasteiger partial charge in [-0.3, -0.25) is 4.79 Å². The second kappa shape index (κ2) is 9.56. The van der Waals surface area contributed by atoms with E-state index in [1.54, 1.807) is 18.3 Å². The number of anilines is 2. The number of nitrogens with one attached hydrogen (secondary N) is 1.